The second-order valence-corrected chi connectivity index (χ2v) is 8.26. The lowest BCUT2D eigenvalue weighted by atomic mass is 10.0. The van der Waals surface area contributed by atoms with Gasteiger partial charge in [-0.15, -0.1) is 0 Å². The van der Waals surface area contributed by atoms with Gasteiger partial charge in [0, 0.05) is 49.2 Å². The topological polar surface area (TPSA) is 67.3 Å². The van der Waals surface area contributed by atoms with Crippen LogP contribution < -0.4 is 15.0 Å². The third-order valence-corrected chi connectivity index (χ3v) is 6.09. The minimum Gasteiger partial charge on any atom is -0.497 e. The van der Waals surface area contributed by atoms with Gasteiger partial charge in [-0.05, 0) is 41.5 Å². The Balaban J connectivity index is 1.36. The lowest BCUT2D eigenvalue weighted by Gasteiger charge is -2.35. The van der Waals surface area contributed by atoms with Gasteiger partial charge < -0.3 is 15.0 Å². The smallest absolute Gasteiger partial charge is 0.212 e. The van der Waals surface area contributed by atoms with Crippen LogP contribution in [0.3, 0.4) is 0 Å². The lowest BCUT2D eigenvalue weighted by molar-refractivity contribution is 0.103. The summed E-state index contributed by atoms with van der Waals surface area (Å²) in [6.45, 7) is 2.49. The number of carbonyl (C=O) groups is 1. The molecule has 170 valence electrons. The largest absolute Gasteiger partial charge is 0.497 e. The number of rotatable bonds is 6. The molecule has 2 aromatic heterocycles. The van der Waals surface area contributed by atoms with Crippen molar-refractivity contribution in [1.82, 2.24) is 15.3 Å². The number of nitrogens with zero attached hydrogens (tertiary/aromatic N) is 3. The number of nitrogens with one attached hydrogen (secondary N) is 1. The van der Waals surface area contributed by atoms with Crippen LogP contribution in [-0.2, 0) is 0 Å². The summed E-state index contributed by atoms with van der Waals surface area (Å²) >= 11 is 0. The number of benzene rings is 2. The number of piperazine rings is 1. The number of hydrogen-bond acceptors (Lipinski definition) is 6. The van der Waals surface area contributed by atoms with Crippen LogP contribution in [0.25, 0.3) is 11.1 Å². The highest BCUT2D eigenvalue weighted by molar-refractivity contribution is 6.08. The van der Waals surface area contributed by atoms with Crippen molar-refractivity contribution in [1.29, 1.82) is 0 Å². The Morgan fingerprint density at radius 3 is 2.59 bits per heavy atom. The Kier molecular flexibility index (Phi) is 6.31. The molecule has 1 atom stereocenters. The number of anilines is 1. The fraction of sp³-hybridized carbons (Fsp3) is 0.179. The number of methoxy groups -OCH3 is 1. The zero-order chi connectivity index (χ0) is 23.3. The summed E-state index contributed by atoms with van der Waals surface area (Å²) in [6, 6.07) is 25.8. The first-order valence-electron chi connectivity index (χ1n) is 11.4. The maximum atomic E-state index is 13.3. The van der Waals surface area contributed by atoms with Crippen LogP contribution in [0.4, 0.5) is 5.82 Å². The van der Waals surface area contributed by atoms with E-state index in [1.807, 2.05) is 48.5 Å². The van der Waals surface area contributed by atoms with E-state index in [0.717, 1.165) is 42.3 Å². The summed E-state index contributed by atoms with van der Waals surface area (Å²) in [5.74, 6) is 1.46. The Labute approximate surface area is 199 Å². The quantitative estimate of drug-likeness (QED) is 0.435. The van der Waals surface area contributed by atoms with Crippen LogP contribution in [0, 0.1) is 0 Å². The van der Waals surface area contributed by atoms with Crippen molar-refractivity contribution in [3.63, 3.8) is 0 Å². The van der Waals surface area contributed by atoms with Crippen molar-refractivity contribution in [2.24, 2.45) is 0 Å². The number of pyridine rings is 2. The third kappa shape index (κ3) is 4.67. The maximum absolute atomic E-state index is 13.3. The molecule has 6 nitrogen and oxygen atoms in total. The van der Waals surface area contributed by atoms with E-state index in [2.05, 4.69) is 39.5 Å². The van der Waals surface area contributed by atoms with E-state index in [-0.39, 0.29) is 11.8 Å². The van der Waals surface area contributed by atoms with Gasteiger partial charge in [0.15, 0.2) is 0 Å². The van der Waals surface area contributed by atoms with E-state index < -0.39 is 0 Å². The van der Waals surface area contributed by atoms with E-state index in [1.54, 1.807) is 25.6 Å². The molecule has 1 fully saturated rings. The Morgan fingerprint density at radius 2 is 1.79 bits per heavy atom. The second-order valence-electron chi connectivity index (χ2n) is 8.26. The second kappa shape index (κ2) is 9.85. The molecule has 0 radical (unpaired) electrons. The van der Waals surface area contributed by atoms with Gasteiger partial charge in [-0.2, -0.15) is 0 Å². The molecule has 0 spiro atoms. The van der Waals surface area contributed by atoms with Crippen LogP contribution in [0.2, 0.25) is 0 Å². The molecule has 1 aliphatic heterocycles. The minimum atomic E-state index is -0.139. The predicted octanol–water partition coefficient (Wildman–Crippen LogP) is 4.53. The summed E-state index contributed by atoms with van der Waals surface area (Å²) in [4.78, 5) is 24.6. The monoisotopic (exact) mass is 450 g/mol. The van der Waals surface area contributed by atoms with Gasteiger partial charge in [0.1, 0.15) is 17.3 Å². The molecule has 0 aliphatic carbocycles. The van der Waals surface area contributed by atoms with Gasteiger partial charge in [0.05, 0.1) is 7.11 Å². The summed E-state index contributed by atoms with van der Waals surface area (Å²) in [5, 5.41) is 3.57. The molecule has 0 amide bonds. The van der Waals surface area contributed by atoms with Crippen molar-refractivity contribution < 1.29 is 9.53 Å². The normalized spacial score (nSPS) is 15.7. The molecule has 3 heterocycles. The van der Waals surface area contributed by atoms with Crippen molar-refractivity contribution in [3.05, 3.63) is 108 Å². The maximum Gasteiger partial charge on any atom is 0.212 e. The fourth-order valence-electron chi connectivity index (χ4n) is 4.25. The van der Waals surface area contributed by atoms with E-state index in [1.165, 1.54) is 5.56 Å². The highest BCUT2D eigenvalue weighted by atomic mass is 16.5. The number of ketones is 1. The average molecular weight is 451 g/mol. The summed E-state index contributed by atoms with van der Waals surface area (Å²) in [7, 11) is 1.64. The number of hydrogen-bond donors (Lipinski definition) is 1. The van der Waals surface area contributed by atoms with Crippen LogP contribution >= 0.6 is 0 Å². The highest BCUT2D eigenvalue weighted by Crippen LogP contribution is 2.25. The van der Waals surface area contributed by atoms with Crippen LogP contribution in [-0.4, -0.2) is 42.5 Å². The first-order valence-corrected chi connectivity index (χ1v) is 11.4. The van der Waals surface area contributed by atoms with E-state index in [9.17, 15) is 4.79 Å². The molecule has 1 aliphatic rings. The van der Waals surface area contributed by atoms with Crippen molar-refractivity contribution in [3.8, 4) is 16.9 Å². The Morgan fingerprint density at radius 1 is 0.971 bits per heavy atom. The van der Waals surface area contributed by atoms with Crippen molar-refractivity contribution in [2.75, 3.05) is 31.6 Å². The molecule has 2 aromatic carbocycles. The SMILES string of the molecule is COc1ccc(-c2cncc(C(=O)c3cccc(N4CCNC(c5ccccc5)C4)n3)c2)cc1. The van der Waals surface area contributed by atoms with Gasteiger partial charge in [-0.1, -0.05) is 48.5 Å². The number of aromatic nitrogens is 2. The first kappa shape index (κ1) is 21.8. The lowest BCUT2D eigenvalue weighted by Crippen LogP contribution is -2.46. The predicted molar refractivity (Wildman–Crippen MR) is 133 cm³/mol. The molecule has 0 saturated carbocycles. The zero-order valence-corrected chi connectivity index (χ0v) is 19.0. The zero-order valence-electron chi connectivity index (χ0n) is 19.0. The van der Waals surface area contributed by atoms with Gasteiger partial charge in [-0.3, -0.25) is 9.78 Å². The molecule has 1 saturated heterocycles. The van der Waals surface area contributed by atoms with Gasteiger partial charge in [0.2, 0.25) is 5.78 Å². The molecule has 1 N–H and O–H groups in total. The summed E-state index contributed by atoms with van der Waals surface area (Å²) in [6.07, 6.45) is 3.35. The first-order chi connectivity index (χ1) is 16.7. The Hall–Kier alpha value is -4.03. The molecular formula is C28H26N4O2. The number of carbonyl (C=O) groups excluding carboxylic acids is 1. The highest BCUT2D eigenvalue weighted by Gasteiger charge is 2.22. The molecule has 4 aromatic rings. The van der Waals surface area contributed by atoms with E-state index in [4.69, 9.17) is 9.72 Å². The van der Waals surface area contributed by atoms with Crippen molar-refractivity contribution >= 4 is 11.6 Å². The average Bonchev–Trinajstić information content (AvgIpc) is 2.93. The van der Waals surface area contributed by atoms with E-state index >= 15 is 0 Å². The van der Waals surface area contributed by atoms with Crippen LogP contribution in [0.5, 0.6) is 5.75 Å². The summed E-state index contributed by atoms with van der Waals surface area (Å²) < 4.78 is 5.23. The van der Waals surface area contributed by atoms with Gasteiger partial charge in [-0.25, -0.2) is 4.98 Å². The van der Waals surface area contributed by atoms with Crippen molar-refractivity contribution in [2.45, 2.75) is 6.04 Å². The van der Waals surface area contributed by atoms with Gasteiger partial charge >= 0.3 is 0 Å². The summed E-state index contributed by atoms with van der Waals surface area (Å²) in [5.41, 5.74) is 4.03. The molecule has 6 heteroatoms. The minimum absolute atomic E-state index is 0.139. The molecule has 0 bridgehead atoms. The molecular weight excluding hydrogens is 424 g/mol. The van der Waals surface area contributed by atoms with Crippen LogP contribution in [0.15, 0.2) is 91.3 Å². The standard InChI is InChI=1S/C28H26N4O2/c1-34-24-12-10-20(11-13-24)22-16-23(18-29-17-22)28(33)25-8-5-9-27(31-25)32-15-14-30-26(19-32)21-6-3-2-4-7-21/h2-13,16-18,26,30H,14-15,19H2,1H3. The third-order valence-electron chi connectivity index (χ3n) is 6.09. The van der Waals surface area contributed by atoms with Gasteiger partial charge in [0.25, 0.3) is 0 Å². The van der Waals surface area contributed by atoms with Crippen LogP contribution in [0.1, 0.15) is 27.7 Å². The molecule has 5 rings (SSSR count). The number of ether oxygens (including phenoxy) is 1. The fourth-order valence-corrected chi connectivity index (χ4v) is 4.25. The van der Waals surface area contributed by atoms with E-state index in [0.29, 0.717) is 11.3 Å². The molecule has 34 heavy (non-hydrogen) atoms. The Bertz CT molecular complexity index is 1280. The molecule has 1 unspecified atom stereocenters.